The molecular formula is C13H22N2O. The molecule has 90 valence electrons. The maximum Gasteiger partial charge on any atom is 0.263 e. The van der Waals surface area contributed by atoms with E-state index < -0.39 is 0 Å². The fourth-order valence-corrected chi connectivity index (χ4v) is 1.41. The minimum atomic E-state index is -0.189. The van der Waals surface area contributed by atoms with Gasteiger partial charge in [-0.2, -0.15) is 5.26 Å². The smallest absolute Gasteiger partial charge is 0.263 e. The number of allylic oxidation sites excluding steroid dienone is 1. The van der Waals surface area contributed by atoms with Gasteiger partial charge in [0.15, 0.2) is 0 Å². The first-order chi connectivity index (χ1) is 7.17. The number of hydrogen-bond donors (Lipinski definition) is 0. The Morgan fingerprint density at radius 1 is 1.44 bits per heavy atom. The van der Waals surface area contributed by atoms with Gasteiger partial charge in [-0.1, -0.05) is 40.7 Å². The monoisotopic (exact) mass is 222 g/mol. The summed E-state index contributed by atoms with van der Waals surface area (Å²) in [5.41, 5.74) is 0.0787. The second-order valence-electron chi connectivity index (χ2n) is 5.62. The van der Waals surface area contributed by atoms with Crippen LogP contribution in [0.2, 0.25) is 0 Å². The molecule has 0 saturated carbocycles. The van der Waals surface area contributed by atoms with Gasteiger partial charge < -0.3 is 4.90 Å². The average Bonchev–Trinajstić information content (AvgIpc) is 2.10. The van der Waals surface area contributed by atoms with E-state index in [9.17, 15) is 4.79 Å². The van der Waals surface area contributed by atoms with Crippen LogP contribution in [-0.4, -0.2) is 24.4 Å². The lowest BCUT2D eigenvalue weighted by molar-refractivity contribution is -0.125. The van der Waals surface area contributed by atoms with Crippen LogP contribution < -0.4 is 0 Å². The zero-order chi connectivity index (χ0) is 12.9. The summed E-state index contributed by atoms with van der Waals surface area (Å²) >= 11 is 0. The summed E-state index contributed by atoms with van der Waals surface area (Å²) in [5, 5.41) is 8.98. The van der Waals surface area contributed by atoms with E-state index >= 15 is 0 Å². The Labute approximate surface area is 98.7 Å². The van der Waals surface area contributed by atoms with Crippen LogP contribution in [0.1, 0.15) is 34.6 Å². The Hall–Kier alpha value is -1.30. The summed E-state index contributed by atoms with van der Waals surface area (Å²) in [6, 6.07) is 1.98. The highest BCUT2D eigenvalue weighted by molar-refractivity contribution is 5.97. The standard InChI is InChI=1S/C13H22N2O/c1-10(2)9-15(6)12(16)11(8-14)7-13(3,4)5/h7,10H,9H2,1-6H3/b11-7+. The molecule has 3 nitrogen and oxygen atoms in total. The van der Waals surface area contributed by atoms with E-state index in [1.54, 1.807) is 18.0 Å². The van der Waals surface area contributed by atoms with Gasteiger partial charge in [-0.15, -0.1) is 0 Å². The Kier molecular flexibility index (Phi) is 5.23. The quantitative estimate of drug-likeness (QED) is 0.544. The molecule has 0 radical (unpaired) electrons. The van der Waals surface area contributed by atoms with Crippen molar-refractivity contribution < 1.29 is 4.79 Å². The summed E-state index contributed by atoms with van der Waals surface area (Å²) < 4.78 is 0. The molecule has 0 unspecified atom stereocenters. The second-order valence-corrected chi connectivity index (χ2v) is 5.62. The number of nitriles is 1. The molecule has 0 atom stereocenters. The molecule has 0 aliphatic rings. The molecule has 0 rings (SSSR count). The van der Waals surface area contributed by atoms with E-state index in [-0.39, 0.29) is 16.9 Å². The van der Waals surface area contributed by atoms with Crippen molar-refractivity contribution >= 4 is 5.91 Å². The van der Waals surface area contributed by atoms with E-state index in [4.69, 9.17) is 5.26 Å². The molecule has 0 spiro atoms. The van der Waals surface area contributed by atoms with Crippen LogP contribution in [-0.2, 0) is 4.79 Å². The highest BCUT2D eigenvalue weighted by atomic mass is 16.2. The fourth-order valence-electron chi connectivity index (χ4n) is 1.41. The van der Waals surface area contributed by atoms with Crippen molar-refractivity contribution in [1.82, 2.24) is 4.90 Å². The van der Waals surface area contributed by atoms with Crippen molar-refractivity contribution in [2.24, 2.45) is 11.3 Å². The van der Waals surface area contributed by atoms with Crippen molar-refractivity contribution in [1.29, 1.82) is 5.26 Å². The fraction of sp³-hybridized carbons (Fsp3) is 0.692. The minimum Gasteiger partial charge on any atom is -0.341 e. The third-order valence-electron chi connectivity index (χ3n) is 1.91. The van der Waals surface area contributed by atoms with Gasteiger partial charge in [0.25, 0.3) is 5.91 Å². The summed E-state index contributed by atoms with van der Waals surface area (Å²) in [6.45, 7) is 10.7. The van der Waals surface area contributed by atoms with Crippen LogP contribution in [0.3, 0.4) is 0 Å². The predicted octanol–water partition coefficient (Wildman–Crippen LogP) is 2.60. The van der Waals surface area contributed by atoms with Crippen LogP contribution in [0.25, 0.3) is 0 Å². The van der Waals surface area contributed by atoms with Gasteiger partial charge in [-0.3, -0.25) is 4.79 Å². The lowest BCUT2D eigenvalue weighted by Crippen LogP contribution is -2.31. The molecule has 3 heteroatoms. The number of nitrogens with zero attached hydrogens (tertiary/aromatic N) is 2. The highest BCUT2D eigenvalue weighted by Gasteiger charge is 2.18. The number of carbonyl (C=O) groups is 1. The molecule has 0 bridgehead atoms. The Morgan fingerprint density at radius 2 is 1.94 bits per heavy atom. The molecule has 0 fully saturated rings. The van der Waals surface area contributed by atoms with Gasteiger partial charge in [0.05, 0.1) is 0 Å². The van der Waals surface area contributed by atoms with Gasteiger partial charge in [0.1, 0.15) is 11.6 Å². The van der Waals surface area contributed by atoms with Crippen molar-refractivity contribution in [2.75, 3.05) is 13.6 Å². The maximum absolute atomic E-state index is 11.9. The first-order valence-corrected chi connectivity index (χ1v) is 5.56. The SMILES string of the molecule is CC(C)CN(C)C(=O)/C(C#N)=C/C(C)(C)C. The molecule has 0 saturated heterocycles. The van der Waals surface area contributed by atoms with E-state index in [2.05, 4.69) is 0 Å². The average molecular weight is 222 g/mol. The molecule has 1 amide bonds. The Morgan fingerprint density at radius 3 is 2.25 bits per heavy atom. The molecule has 0 aliphatic carbocycles. The largest absolute Gasteiger partial charge is 0.341 e. The van der Waals surface area contributed by atoms with Gasteiger partial charge in [-0.05, 0) is 11.3 Å². The van der Waals surface area contributed by atoms with Crippen molar-refractivity contribution in [2.45, 2.75) is 34.6 Å². The van der Waals surface area contributed by atoms with Crippen molar-refractivity contribution in [3.05, 3.63) is 11.6 Å². The number of hydrogen-bond acceptors (Lipinski definition) is 2. The van der Waals surface area contributed by atoms with Crippen LogP contribution in [0, 0.1) is 22.7 Å². The second kappa shape index (κ2) is 5.69. The normalized spacial score (nSPS) is 12.5. The number of carbonyl (C=O) groups excluding carboxylic acids is 1. The summed E-state index contributed by atoms with van der Waals surface area (Å²) in [4.78, 5) is 13.5. The lowest BCUT2D eigenvalue weighted by atomic mass is 9.93. The number of amides is 1. The van der Waals surface area contributed by atoms with Gasteiger partial charge in [-0.25, -0.2) is 0 Å². The number of rotatable bonds is 3. The van der Waals surface area contributed by atoms with E-state index in [0.29, 0.717) is 12.5 Å². The highest BCUT2D eigenvalue weighted by Crippen LogP contribution is 2.18. The first kappa shape index (κ1) is 14.7. The Bertz CT molecular complexity index is 316. The van der Waals surface area contributed by atoms with Crippen molar-refractivity contribution in [3.63, 3.8) is 0 Å². The van der Waals surface area contributed by atoms with Crippen LogP contribution in [0.5, 0.6) is 0 Å². The third kappa shape index (κ3) is 5.55. The van der Waals surface area contributed by atoms with E-state index in [1.165, 1.54) is 0 Å². The molecule has 0 aromatic rings. The van der Waals surface area contributed by atoms with E-state index in [0.717, 1.165) is 0 Å². The van der Waals surface area contributed by atoms with Gasteiger partial charge >= 0.3 is 0 Å². The molecule has 0 aliphatic heterocycles. The molecular weight excluding hydrogens is 200 g/mol. The van der Waals surface area contributed by atoms with E-state index in [1.807, 2.05) is 40.7 Å². The molecule has 0 heterocycles. The lowest BCUT2D eigenvalue weighted by Gasteiger charge is -2.20. The zero-order valence-corrected chi connectivity index (χ0v) is 11.2. The van der Waals surface area contributed by atoms with Gasteiger partial charge in [0, 0.05) is 13.6 Å². The summed E-state index contributed by atoms with van der Waals surface area (Å²) in [6.07, 6.45) is 1.73. The number of likely N-dealkylation sites (N-methyl/N-ethyl adjacent to an activating group) is 1. The molecule has 16 heavy (non-hydrogen) atoms. The van der Waals surface area contributed by atoms with Crippen LogP contribution in [0.4, 0.5) is 0 Å². The maximum atomic E-state index is 11.9. The molecule has 0 N–H and O–H groups in total. The van der Waals surface area contributed by atoms with Crippen LogP contribution >= 0.6 is 0 Å². The topological polar surface area (TPSA) is 44.1 Å². The molecule has 0 aromatic carbocycles. The van der Waals surface area contributed by atoms with Crippen molar-refractivity contribution in [3.8, 4) is 6.07 Å². The predicted molar refractivity (Wildman–Crippen MR) is 65.6 cm³/mol. The van der Waals surface area contributed by atoms with Gasteiger partial charge in [0.2, 0.25) is 0 Å². The minimum absolute atomic E-state index is 0.153. The summed E-state index contributed by atoms with van der Waals surface area (Å²) in [5.74, 6) is 0.217. The first-order valence-electron chi connectivity index (χ1n) is 5.56. The Balaban J connectivity index is 4.82. The third-order valence-corrected chi connectivity index (χ3v) is 1.91. The zero-order valence-electron chi connectivity index (χ0n) is 11.2. The van der Waals surface area contributed by atoms with Crippen LogP contribution in [0.15, 0.2) is 11.6 Å². The summed E-state index contributed by atoms with van der Waals surface area (Å²) in [7, 11) is 1.73. The molecule has 0 aromatic heterocycles.